The fourth-order valence-corrected chi connectivity index (χ4v) is 2.56. The molecule has 1 heterocycles. The SMILES string of the molecule is C.CCc1cc(C(=O)NC(c2ccc(C(=O)NO)cc2)C(C)(C)C)n[nH]1. The van der Waals surface area contributed by atoms with Gasteiger partial charge in [0.1, 0.15) is 5.69 Å². The molecule has 2 aromatic rings. The van der Waals surface area contributed by atoms with E-state index < -0.39 is 5.91 Å². The number of carbonyl (C=O) groups is 2. The van der Waals surface area contributed by atoms with Crippen LogP contribution in [0.5, 0.6) is 0 Å². The summed E-state index contributed by atoms with van der Waals surface area (Å²) in [6.07, 6.45) is 0.775. The quantitative estimate of drug-likeness (QED) is 0.485. The van der Waals surface area contributed by atoms with Crippen LogP contribution in [0.25, 0.3) is 0 Å². The number of hydroxylamine groups is 1. The monoisotopic (exact) mass is 360 g/mol. The highest BCUT2D eigenvalue weighted by molar-refractivity contribution is 5.93. The van der Waals surface area contributed by atoms with E-state index in [1.807, 2.05) is 27.7 Å². The number of aromatic nitrogens is 2. The molecule has 0 saturated carbocycles. The van der Waals surface area contributed by atoms with Crippen molar-refractivity contribution in [3.05, 3.63) is 52.8 Å². The van der Waals surface area contributed by atoms with Crippen molar-refractivity contribution < 1.29 is 14.8 Å². The van der Waals surface area contributed by atoms with Crippen LogP contribution in [0.2, 0.25) is 0 Å². The molecule has 1 aromatic heterocycles. The molecular weight excluding hydrogens is 332 g/mol. The Bertz CT molecular complexity index is 745. The number of aromatic amines is 1. The fourth-order valence-electron chi connectivity index (χ4n) is 2.56. The minimum absolute atomic E-state index is 0. The zero-order valence-electron chi connectivity index (χ0n) is 14.9. The van der Waals surface area contributed by atoms with Crippen LogP contribution in [-0.4, -0.2) is 27.2 Å². The maximum Gasteiger partial charge on any atom is 0.274 e. The number of hydrogen-bond donors (Lipinski definition) is 4. The molecule has 2 amide bonds. The first-order chi connectivity index (χ1) is 11.8. The molecule has 0 aliphatic heterocycles. The third-order valence-electron chi connectivity index (χ3n) is 3.99. The van der Waals surface area contributed by atoms with Crippen LogP contribution in [0, 0.1) is 5.41 Å². The first-order valence-electron chi connectivity index (χ1n) is 8.15. The largest absolute Gasteiger partial charge is 0.343 e. The highest BCUT2D eigenvalue weighted by Gasteiger charge is 2.29. The summed E-state index contributed by atoms with van der Waals surface area (Å²) in [4.78, 5) is 24.0. The zero-order valence-corrected chi connectivity index (χ0v) is 14.9. The van der Waals surface area contributed by atoms with E-state index in [0.29, 0.717) is 11.3 Å². The molecule has 0 saturated heterocycles. The number of carbonyl (C=O) groups excluding carboxylic acids is 2. The van der Waals surface area contributed by atoms with Gasteiger partial charge in [0.15, 0.2) is 0 Å². The molecule has 1 aromatic carbocycles. The van der Waals surface area contributed by atoms with E-state index in [9.17, 15) is 9.59 Å². The standard InChI is InChI=1S/C18H24N4O3.CH4/c1-5-13-10-14(21-20-13)17(24)19-15(18(2,3)4)11-6-8-12(9-7-11)16(23)22-25;/h6-10,15,25H,5H2,1-4H3,(H,19,24)(H,20,21)(H,22,23);1H4. The van der Waals surface area contributed by atoms with Crippen molar-refractivity contribution in [2.24, 2.45) is 5.41 Å². The number of hydrogen-bond acceptors (Lipinski definition) is 4. The van der Waals surface area contributed by atoms with Crippen molar-refractivity contribution >= 4 is 11.8 Å². The first-order valence-corrected chi connectivity index (χ1v) is 8.15. The number of benzene rings is 1. The number of aryl methyl sites for hydroxylation is 1. The van der Waals surface area contributed by atoms with Crippen molar-refractivity contribution in [2.45, 2.75) is 47.6 Å². The summed E-state index contributed by atoms with van der Waals surface area (Å²) in [5.41, 5.74) is 3.80. The van der Waals surface area contributed by atoms with Crippen LogP contribution in [0.15, 0.2) is 30.3 Å². The van der Waals surface area contributed by atoms with Crippen molar-refractivity contribution in [2.75, 3.05) is 0 Å². The lowest BCUT2D eigenvalue weighted by molar-refractivity contribution is 0.0706. The Kier molecular flexibility index (Phi) is 7.09. The molecule has 1 atom stereocenters. The molecule has 0 bridgehead atoms. The number of rotatable bonds is 5. The fraction of sp³-hybridized carbons (Fsp3) is 0.421. The van der Waals surface area contributed by atoms with E-state index in [1.54, 1.807) is 35.8 Å². The molecule has 26 heavy (non-hydrogen) atoms. The number of H-pyrrole nitrogens is 1. The van der Waals surface area contributed by atoms with E-state index >= 15 is 0 Å². The number of nitrogens with zero attached hydrogens (tertiary/aromatic N) is 1. The maximum absolute atomic E-state index is 12.5. The lowest BCUT2D eigenvalue weighted by atomic mass is 9.82. The van der Waals surface area contributed by atoms with E-state index in [1.165, 1.54) is 0 Å². The highest BCUT2D eigenvalue weighted by atomic mass is 16.5. The highest BCUT2D eigenvalue weighted by Crippen LogP contribution is 2.33. The molecule has 0 spiro atoms. The van der Waals surface area contributed by atoms with Crippen LogP contribution in [-0.2, 0) is 6.42 Å². The average Bonchev–Trinajstić information content (AvgIpc) is 3.07. The van der Waals surface area contributed by atoms with Gasteiger partial charge in [-0.2, -0.15) is 5.10 Å². The second kappa shape index (κ2) is 8.62. The molecule has 142 valence electrons. The van der Waals surface area contributed by atoms with E-state index in [0.717, 1.165) is 17.7 Å². The molecule has 1 unspecified atom stereocenters. The molecule has 4 N–H and O–H groups in total. The molecule has 0 aliphatic carbocycles. The van der Waals surface area contributed by atoms with Crippen LogP contribution < -0.4 is 10.8 Å². The second-order valence-electron chi connectivity index (χ2n) is 6.97. The Morgan fingerprint density at radius 3 is 2.27 bits per heavy atom. The average molecular weight is 360 g/mol. The summed E-state index contributed by atoms with van der Waals surface area (Å²) in [6, 6.07) is 8.22. The van der Waals surface area contributed by atoms with Gasteiger partial charge in [-0.05, 0) is 35.6 Å². The van der Waals surface area contributed by atoms with Gasteiger partial charge in [-0.1, -0.05) is 47.3 Å². The minimum Gasteiger partial charge on any atom is -0.343 e. The molecule has 7 nitrogen and oxygen atoms in total. The van der Waals surface area contributed by atoms with Gasteiger partial charge in [0.25, 0.3) is 11.8 Å². The molecular formula is C19H28N4O3. The molecule has 7 heteroatoms. The third-order valence-corrected chi connectivity index (χ3v) is 3.99. The number of nitrogens with one attached hydrogen (secondary N) is 3. The maximum atomic E-state index is 12.5. The second-order valence-corrected chi connectivity index (χ2v) is 6.97. The summed E-state index contributed by atoms with van der Waals surface area (Å²) in [5.74, 6) is -0.834. The molecule has 2 rings (SSSR count). The third kappa shape index (κ3) is 4.92. The van der Waals surface area contributed by atoms with Crippen molar-refractivity contribution in [1.82, 2.24) is 21.0 Å². The summed E-state index contributed by atoms with van der Waals surface area (Å²) in [5, 5.41) is 18.6. The van der Waals surface area contributed by atoms with E-state index in [-0.39, 0.29) is 24.8 Å². The van der Waals surface area contributed by atoms with Crippen LogP contribution in [0.4, 0.5) is 0 Å². The summed E-state index contributed by atoms with van der Waals surface area (Å²) < 4.78 is 0. The Balaban J connectivity index is 0.00000338. The van der Waals surface area contributed by atoms with Gasteiger partial charge in [-0.25, -0.2) is 5.48 Å². The van der Waals surface area contributed by atoms with Gasteiger partial charge in [-0.15, -0.1) is 0 Å². The lowest BCUT2D eigenvalue weighted by Crippen LogP contribution is -2.36. The Morgan fingerprint density at radius 2 is 1.81 bits per heavy atom. The van der Waals surface area contributed by atoms with E-state index in [4.69, 9.17) is 5.21 Å². The predicted octanol–water partition coefficient (Wildman–Crippen LogP) is 3.24. The summed E-state index contributed by atoms with van der Waals surface area (Å²) in [6.45, 7) is 8.05. The normalized spacial score (nSPS) is 12.0. The van der Waals surface area contributed by atoms with Crippen LogP contribution in [0.1, 0.15) is 73.3 Å². The van der Waals surface area contributed by atoms with Crippen LogP contribution in [0.3, 0.4) is 0 Å². The molecule has 0 fully saturated rings. The first kappa shape index (κ1) is 21.4. The van der Waals surface area contributed by atoms with Gasteiger partial charge < -0.3 is 5.32 Å². The van der Waals surface area contributed by atoms with Crippen molar-refractivity contribution in [1.29, 1.82) is 0 Å². The van der Waals surface area contributed by atoms with Crippen molar-refractivity contribution in [3.8, 4) is 0 Å². The summed E-state index contributed by atoms with van der Waals surface area (Å²) in [7, 11) is 0. The van der Waals surface area contributed by atoms with Gasteiger partial charge in [-0.3, -0.25) is 19.9 Å². The molecule has 0 radical (unpaired) electrons. The summed E-state index contributed by atoms with van der Waals surface area (Å²) >= 11 is 0. The van der Waals surface area contributed by atoms with Gasteiger partial charge in [0.05, 0.1) is 6.04 Å². The minimum atomic E-state index is -0.577. The Hall–Kier alpha value is -2.67. The molecule has 0 aliphatic rings. The Morgan fingerprint density at radius 1 is 1.19 bits per heavy atom. The predicted molar refractivity (Wildman–Crippen MR) is 100 cm³/mol. The van der Waals surface area contributed by atoms with Gasteiger partial charge in [0.2, 0.25) is 0 Å². The van der Waals surface area contributed by atoms with Gasteiger partial charge in [0, 0.05) is 11.3 Å². The topological polar surface area (TPSA) is 107 Å². The van der Waals surface area contributed by atoms with Crippen LogP contribution >= 0.6 is 0 Å². The lowest BCUT2D eigenvalue weighted by Gasteiger charge is -2.31. The zero-order chi connectivity index (χ0) is 18.6. The van der Waals surface area contributed by atoms with E-state index in [2.05, 4.69) is 15.5 Å². The number of amides is 2. The van der Waals surface area contributed by atoms with Crippen molar-refractivity contribution in [3.63, 3.8) is 0 Å². The smallest absolute Gasteiger partial charge is 0.274 e. The van der Waals surface area contributed by atoms with Gasteiger partial charge >= 0.3 is 0 Å². The Labute approximate surface area is 154 Å².